The molecule has 1 heterocycles. The number of hydrogen-bond acceptors (Lipinski definition) is 6. The first-order valence-electron chi connectivity index (χ1n) is 8.84. The van der Waals surface area contributed by atoms with E-state index in [1.807, 2.05) is 25.1 Å². The summed E-state index contributed by atoms with van der Waals surface area (Å²) in [5.74, 6) is -0.986. The van der Waals surface area contributed by atoms with Crippen LogP contribution in [0.15, 0.2) is 52.4 Å². The van der Waals surface area contributed by atoms with Gasteiger partial charge in [0.05, 0.1) is 28.0 Å². The Hall–Kier alpha value is -2.78. The second kappa shape index (κ2) is 8.30. The number of rotatable bonds is 5. The molecule has 0 aliphatic rings. The molecule has 3 aromatic rings. The van der Waals surface area contributed by atoms with Crippen molar-refractivity contribution in [2.45, 2.75) is 25.3 Å². The minimum absolute atomic E-state index is 0.0145. The van der Waals surface area contributed by atoms with Crippen molar-refractivity contribution < 1.29 is 22.7 Å². The summed E-state index contributed by atoms with van der Waals surface area (Å²) in [6.45, 7) is 3.45. The standard InChI is InChI=1S/C20H20N2O5S2/c1-4-29(25,26)15-8-6-14(7-9-15)19(24)21-20-22(12-18(23)27-3)16-10-5-13(2)11-17(16)28-20/h5-11H,4,12H2,1-3H3. The monoisotopic (exact) mass is 432 g/mol. The number of hydrogen-bond donors (Lipinski definition) is 0. The topological polar surface area (TPSA) is 94.8 Å². The van der Waals surface area contributed by atoms with Gasteiger partial charge < -0.3 is 9.30 Å². The maximum Gasteiger partial charge on any atom is 0.325 e. The lowest BCUT2D eigenvalue weighted by Gasteiger charge is -2.04. The van der Waals surface area contributed by atoms with Crippen LogP contribution in [0.2, 0.25) is 0 Å². The van der Waals surface area contributed by atoms with Gasteiger partial charge in [-0.05, 0) is 48.9 Å². The van der Waals surface area contributed by atoms with E-state index in [9.17, 15) is 18.0 Å². The summed E-state index contributed by atoms with van der Waals surface area (Å²) >= 11 is 1.30. The van der Waals surface area contributed by atoms with Crippen LogP contribution in [0.4, 0.5) is 0 Å². The van der Waals surface area contributed by atoms with Crippen LogP contribution in [0.3, 0.4) is 0 Å². The average Bonchev–Trinajstić information content (AvgIpc) is 3.03. The van der Waals surface area contributed by atoms with Gasteiger partial charge in [-0.15, -0.1) is 0 Å². The summed E-state index contributed by atoms with van der Waals surface area (Å²) in [7, 11) is -2.04. The fourth-order valence-corrected chi connectivity index (χ4v) is 4.75. The summed E-state index contributed by atoms with van der Waals surface area (Å²) in [4.78, 5) is 29.2. The maximum atomic E-state index is 12.7. The molecule has 9 heteroatoms. The van der Waals surface area contributed by atoms with Gasteiger partial charge in [-0.25, -0.2) is 8.42 Å². The van der Waals surface area contributed by atoms with Crippen LogP contribution < -0.4 is 4.80 Å². The number of fused-ring (bicyclic) bond motifs is 1. The summed E-state index contributed by atoms with van der Waals surface area (Å²) in [5, 5.41) is 0. The normalized spacial score (nSPS) is 12.3. The van der Waals surface area contributed by atoms with E-state index in [2.05, 4.69) is 4.99 Å². The van der Waals surface area contributed by atoms with Crippen LogP contribution in [-0.4, -0.2) is 37.7 Å². The molecule has 0 spiro atoms. The molecule has 29 heavy (non-hydrogen) atoms. The van der Waals surface area contributed by atoms with Crippen molar-refractivity contribution in [2.75, 3.05) is 12.9 Å². The number of esters is 1. The lowest BCUT2D eigenvalue weighted by Crippen LogP contribution is -2.22. The van der Waals surface area contributed by atoms with E-state index in [1.165, 1.54) is 42.7 Å². The van der Waals surface area contributed by atoms with Gasteiger partial charge in [-0.1, -0.05) is 24.3 Å². The molecular weight excluding hydrogens is 412 g/mol. The van der Waals surface area contributed by atoms with Gasteiger partial charge in [0.2, 0.25) is 0 Å². The van der Waals surface area contributed by atoms with Crippen LogP contribution in [0.5, 0.6) is 0 Å². The predicted octanol–water partition coefficient (Wildman–Crippen LogP) is 2.72. The zero-order valence-corrected chi connectivity index (χ0v) is 17.8. The Labute approximate surface area is 172 Å². The lowest BCUT2D eigenvalue weighted by molar-refractivity contribution is -0.141. The molecule has 1 amide bonds. The first-order chi connectivity index (χ1) is 13.7. The van der Waals surface area contributed by atoms with Gasteiger partial charge in [0, 0.05) is 5.56 Å². The minimum Gasteiger partial charge on any atom is -0.468 e. The van der Waals surface area contributed by atoms with Crippen molar-refractivity contribution in [3.05, 3.63) is 58.4 Å². The number of methoxy groups -OCH3 is 1. The second-order valence-corrected chi connectivity index (χ2v) is 9.65. The number of thiazole rings is 1. The van der Waals surface area contributed by atoms with E-state index in [-0.39, 0.29) is 22.8 Å². The molecule has 0 radical (unpaired) electrons. The summed E-state index contributed by atoms with van der Waals surface area (Å²) < 4.78 is 31.1. The quantitative estimate of drug-likeness (QED) is 0.578. The summed E-state index contributed by atoms with van der Waals surface area (Å²) in [6, 6.07) is 11.4. The predicted molar refractivity (Wildman–Crippen MR) is 111 cm³/mol. The third-order valence-corrected chi connectivity index (χ3v) is 7.18. The maximum absolute atomic E-state index is 12.7. The van der Waals surface area contributed by atoms with E-state index in [0.717, 1.165) is 15.8 Å². The van der Waals surface area contributed by atoms with Gasteiger partial charge in [0.25, 0.3) is 5.91 Å². The van der Waals surface area contributed by atoms with E-state index >= 15 is 0 Å². The molecule has 0 aliphatic heterocycles. The molecule has 152 valence electrons. The molecule has 0 aliphatic carbocycles. The van der Waals surface area contributed by atoms with Crippen LogP contribution in [0.25, 0.3) is 10.2 Å². The van der Waals surface area contributed by atoms with Crippen molar-refractivity contribution >= 4 is 43.3 Å². The number of carbonyl (C=O) groups is 2. The third-order valence-electron chi connectivity index (χ3n) is 4.39. The molecule has 0 atom stereocenters. The van der Waals surface area contributed by atoms with Gasteiger partial charge in [0.15, 0.2) is 14.6 Å². The first kappa shape index (κ1) is 20.9. The highest BCUT2D eigenvalue weighted by Gasteiger charge is 2.15. The van der Waals surface area contributed by atoms with E-state index in [4.69, 9.17) is 4.74 Å². The summed E-state index contributed by atoms with van der Waals surface area (Å²) in [5.41, 5.74) is 2.09. The molecule has 0 unspecified atom stereocenters. The largest absolute Gasteiger partial charge is 0.468 e. The van der Waals surface area contributed by atoms with Gasteiger partial charge >= 0.3 is 5.97 Å². The molecular formula is C20H20N2O5S2. The Morgan fingerprint density at radius 1 is 1.14 bits per heavy atom. The molecule has 0 fully saturated rings. The molecule has 1 aromatic heterocycles. The van der Waals surface area contributed by atoms with Crippen LogP contribution in [-0.2, 0) is 25.9 Å². The molecule has 0 saturated heterocycles. The molecule has 0 bridgehead atoms. The number of ether oxygens (including phenoxy) is 1. The fourth-order valence-electron chi connectivity index (χ4n) is 2.74. The van der Waals surface area contributed by atoms with E-state index < -0.39 is 21.7 Å². The highest BCUT2D eigenvalue weighted by atomic mass is 32.2. The number of nitrogens with zero attached hydrogens (tertiary/aromatic N) is 2. The molecule has 2 aromatic carbocycles. The van der Waals surface area contributed by atoms with Gasteiger partial charge in [-0.3, -0.25) is 9.59 Å². The van der Waals surface area contributed by atoms with Crippen molar-refractivity contribution in [3.63, 3.8) is 0 Å². The zero-order valence-electron chi connectivity index (χ0n) is 16.2. The smallest absolute Gasteiger partial charge is 0.325 e. The number of sulfone groups is 1. The van der Waals surface area contributed by atoms with Crippen LogP contribution in [0.1, 0.15) is 22.8 Å². The van der Waals surface area contributed by atoms with Gasteiger partial charge in [-0.2, -0.15) is 4.99 Å². The van der Waals surface area contributed by atoms with Crippen molar-refractivity contribution in [3.8, 4) is 0 Å². The highest BCUT2D eigenvalue weighted by molar-refractivity contribution is 7.91. The van der Waals surface area contributed by atoms with Crippen LogP contribution in [0, 0.1) is 6.92 Å². The van der Waals surface area contributed by atoms with Crippen molar-refractivity contribution in [2.24, 2.45) is 4.99 Å². The third kappa shape index (κ3) is 4.46. The Morgan fingerprint density at radius 2 is 1.83 bits per heavy atom. The second-order valence-electron chi connectivity index (χ2n) is 6.36. The number of aromatic nitrogens is 1. The molecule has 0 N–H and O–H groups in total. The Kier molecular flexibility index (Phi) is 5.99. The van der Waals surface area contributed by atoms with Crippen molar-refractivity contribution in [1.29, 1.82) is 0 Å². The number of carbonyl (C=O) groups excluding carboxylic acids is 2. The first-order valence-corrected chi connectivity index (χ1v) is 11.3. The SMILES string of the molecule is CCS(=O)(=O)c1ccc(C(=O)N=c2sc3cc(C)ccc3n2CC(=O)OC)cc1. The average molecular weight is 433 g/mol. The van der Waals surface area contributed by atoms with E-state index in [1.54, 1.807) is 11.5 Å². The fraction of sp³-hybridized carbons (Fsp3) is 0.250. The lowest BCUT2D eigenvalue weighted by atomic mass is 10.2. The van der Waals surface area contributed by atoms with Gasteiger partial charge in [0.1, 0.15) is 6.54 Å². The Balaban J connectivity index is 2.06. The number of benzene rings is 2. The van der Waals surface area contributed by atoms with Crippen LogP contribution >= 0.6 is 11.3 Å². The molecule has 0 saturated carbocycles. The van der Waals surface area contributed by atoms with Crippen molar-refractivity contribution in [1.82, 2.24) is 4.57 Å². The Morgan fingerprint density at radius 3 is 2.45 bits per heavy atom. The zero-order chi connectivity index (χ0) is 21.2. The minimum atomic E-state index is -3.34. The molecule has 7 nitrogen and oxygen atoms in total. The highest BCUT2D eigenvalue weighted by Crippen LogP contribution is 2.19. The number of aryl methyl sites for hydroxylation is 1. The van der Waals surface area contributed by atoms with E-state index in [0.29, 0.717) is 4.80 Å². The molecule has 3 rings (SSSR count). The Bertz CT molecular complexity index is 1250. The number of amides is 1. The summed E-state index contributed by atoms with van der Waals surface area (Å²) in [6.07, 6.45) is 0.